The maximum atomic E-state index is 12.7. The number of halogens is 5. The number of benzene rings is 1. The van der Waals surface area contributed by atoms with Crippen LogP contribution in [0.15, 0.2) is 24.3 Å². The van der Waals surface area contributed by atoms with Crippen LogP contribution in [0, 0.1) is 0 Å². The van der Waals surface area contributed by atoms with E-state index >= 15 is 0 Å². The van der Waals surface area contributed by atoms with Crippen molar-refractivity contribution in [3.63, 3.8) is 0 Å². The number of rotatable bonds is 3. The van der Waals surface area contributed by atoms with Crippen molar-refractivity contribution < 1.29 is 21.4 Å². The lowest BCUT2D eigenvalue weighted by molar-refractivity contribution is -0.137. The van der Waals surface area contributed by atoms with Gasteiger partial charge in [0.05, 0.1) is 5.56 Å². The first kappa shape index (κ1) is 13.2. The first-order chi connectivity index (χ1) is 7.36. The van der Waals surface area contributed by atoms with E-state index in [0.717, 1.165) is 12.1 Å². The van der Waals surface area contributed by atoms with Crippen molar-refractivity contribution in [3.8, 4) is 0 Å². The van der Waals surface area contributed by atoms with Crippen LogP contribution in [0.5, 0.6) is 0 Å². The minimum absolute atomic E-state index is 0.0963. The van der Waals surface area contributed by atoms with Crippen molar-refractivity contribution in [2.45, 2.75) is 25.1 Å². The van der Waals surface area contributed by atoms with Crippen LogP contribution in [0.3, 0.4) is 0 Å². The Morgan fingerprint density at radius 3 is 2.31 bits per heavy atom. The fraction of sp³-hybridized carbons (Fsp3) is 0.400. The highest BCUT2D eigenvalue weighted by Gasteiger charge is 2.32. The molecule has 0 amide bonds. The molecule has 0 saturated heterocycles. The molecule has 0 heterocycles. The van der Waals surface area contributed by atoms with Crippen LogP contribution < -0.4 is 0 Å². The van der Waals surface area contributed by atoms with Gasteiger partial charge < -0.3 is 0 Å². The molecule has 6 heteroatoms. The third kappa shape index (κ3) is 3.04. The van der Waals surface area contributed by atoms with Crippen LogP contribution in [0.25, 0.3) is 0 Å². The Hall–Kier alpha value is -0.913. The highest BCUT2D eigenvalue weighted by atomic mass is 28.4. The lowest BCUT2D eigenvalue weighted by Crippen LogP contribution is -2.14. The summed E-state index contributed by atoms with van der Waals surface area (Å²) in [6, 6.07) is 4.23. The zero-order chi connectivity index (χ0) is 12.3. The van der Waals surface area contributed by atoms with Crippen LogP contribution in [0.1, 0.15) is 30.0 Å². The predicted octanol–water partition coefficient (Wildman–Crippen LogP) is 3.90. The summed E-state index contributed by atoms with van der Waals surface area (Å²) in [6.45, 7) is 1.56. The van der Waals surface area contributed by atoms with E-state index in [-0.39, 0.29) is 12.0 Å². The Morgan fingerprint density at radius 2 is 1.88 bits per heavy atom. The second kappa shape index (κ2) is 4.95. The predicted molar refractivity (Wildman–Crippen MR) is 53.8 cm³/mol. The Balaban J connectivity index is 3.07. The molecule has 0 nitrogen and oxygen atoms in total. The van der Waals surface area contributed by atoms with Crippen molar-refractivity contribution in [2.75, 3.05) is 0 Å². The van der Waals surface area contributed by atoms with Crippen LogP contribution in [-0.2, 0) is 6.18 Å². The van der Waals surface area contributed by atoms with E-state index < -0.39 is 26.7 Å². The first-order valence-corrected chi connectivity index (χ1v) is 6.35. The largest absolute Gasteiger partial charge is 0.418 e. The average Bonchev–Trinajstić information content (AvgIpc) is 2.17. The molecular weight excluding hydrogens is 243 g/mol. The fourth-order valence-electron chi connectivity index (χ4n) is 1.50. The number of hydrogen-bond donors (Lipinski definition) is 0. The number of alkyl halides is 3. The molecule has 0 radical (unpaired) electrons. The van der Waals surface area contributed by atoms with Gasteiger partial charge in [-0.25, -0.2) is 0 Å². The van der Waals surface area contributed by atoms with Gasteiger partial charge in [0.1, 0.15) is 0 Å². The van der Waals surface area contributed by atoms with Gasteiger partial charge >= 0.3 is 15.6 Å². The molecule has 0 aliphatic heterocycles. The van der Waals surface area contributed by atoms with Crippen molar-refractivity contribution in [1.82, 2.24) is 0 Å². The summed E-state index contributed by atoms with van der Waals surface area (Å²) in [6.07, 6.45) is -4.30. The van der Waals surface area contributed by atoms with Crippen LogP contribution in [0.4, 0.5) is 21.4 Å². The second-order valence-corrected chi connectivity index (χ2v) is 4.95. The van der Waals surface area contributed by atoms with Gasteiger partial charge in [-0.1, -0.05) is 25.1 Å². The van der Waals surface area contributed by atoms with E-state index in [1.54, 1.807) is 6.92 Å². The van der Waals surface area contributed by atoms with Gasteiger partial charge in [-0.15, -0.1) is 0 Å². The molecule has 1 unspecified atom stereocenters. The van der Waals surface area contributed by atoms with Gasteiger partial charge in [-0.05, 0) is 18.1 Å². The van der Waals surface area contributed by atoms with Crippen molar-refractivity contribution in [1.29, 1.82) is 0 Å². The lowest BCUT2D eigenvalue weighted by atomic mass is 10.1. The highest BCUT2D eigenvalue weighted by Crippen LogP contribution is 2.32. The molecule has 0 aromatic heterocycles. The Bertz CT molecular complexity index is 347. The summed E-state index contributed by atoms with van der Waals surface area (Å²) < 4.78 is 62.4. The van der Waals surface area contributed by atoms with E-state index in [9.17, 15) is 21.4 Å². The monoisotopic (exact) mass is 254 g/mol. The smallest absolute Gasteiger partial charge is 0.274 e. The maximum Gasteiger partial charge on any atom is 0.418 e. The first-order valence-electron chi connectivity index (χ1n) is 4.81. The summed E-state index contributed by atoms with van der Waals surface area (Å²) >= 11 is 0. The fourth-order valence-corrected chi connectivity index (χ4v) is 2.36. The Labute approximate surface area is 92.0 Å². The molecular formula is C10H11F5Si. The quantitative estimate of drug-likeness (QED) is 0.436. The zero-order valence-corrected chi connectivity index (χ0v) is 9.72. The van der Waals surface area contributed by atoms with E-state index in [1.807, 2.05) is 0 Å². The maximum absolute atomic E-state index is 12.7. The molecule has 0 bridgehead atoms. The highest BCUT2D eigenvalue weighted by molar-refractivity contribution is 6.44. The van der Waals surface area contributed by atoms with Gasteiger partial charge in [0.15, 0.2) is 0 Å². The molecule has 16 heavy (non-hydrogen) atoms. The minimum atomic E-state index is -4.47. The number of hydrogen-bond acceptors (Lipinski definition) is 0. The topological polar surface area (TPSA) is 0 Å². The van der Waals surface area contributed by atoms with Gasteiger partial charge in [0.2, 0.25) is 0 Å². The summed E-state index contributed by atoms with van der Waals surface area (Å²) in [5.74, 6) is 0. The summed E-state index contributed by atoms with van der Waals surface area (Å²) in [5.41, 5.74) is -1.76. The summed E-state index contributed by atoms with van der Waals surface area (Å²) in [5, 5.41) is 0. The third-order valence-electron chi connectivity index (χ3n) is 2.39. The van der Waals surface area contributed by atoms with Gasteiger partial charge in [0, 0.05) is 5.54 Å². The molecule has 1 aromatic carbocycles. The van der Waals surface area contributed by atoms with Gasteiger partial charge in [0.25, 0.3) is 0 Å². The molecule has 0 aliphatic rings. The average molecular weight is 254 g/mol. The SMILES string of the molecule is CCC(c1cccc(C(F)(F)F)c1)[SiH](F)F. The van der Waals surface area contributed by atoms with Gasteiger partial charge in [-0.3, -0.25) is 8.22 Å². The molecule has 90 valence electrons. The molecule has 0 spiro atoms. The summed E-state index contributed by atoms with van der Waals surface area (Å²) in [7, 11) is -3.95. The van der Waals surface area contributed by atoms with Crippen molar-refractivity contribution in [3.05, 3.63) is 35.4 Å². The Morgan fingerprint density at radius 1 is 1.25 bits per heavy atom. The molecule has 1 aromatic rings. The van der Waals surface area contributed by atoms with Gasteiger partial charge in [-0.2, -0.15) is 13.2 Å². The molecule has 0 aliphatic carbocycles. The Kier molecular flexibility index (Phi) is 4.07. The van der Waals surface area contributed by atoms with E-state index in [0.29, 0.717) is 0 Å². The second-order valence-electron chi connectivity index (χ2n) is 3.47. The normalized spacial score (nSPS) is 14.2. The molecule has 1 rings (SSSR count). The molecule has 1 atom stereocenters. The van der Waals surface area contributed by atoms with E-state index in [1.165, 1.54) is 12.1 Å². The third-order valence-corrected chi connectivity index (χ3v) is 3.85. The van der Waals surface area contributed by atoms with E-state index in [2.05, 4.69) is 0 Å². The van der Waals surface area contributed by atoms with Crippen LogP contribution in [0.2, 0.25) is 0 Å². The molecule has 0 N–H and O–H groups in total. The molecule has 0 saturated carbocycles. The minimum Gasteiger partial charge on any atom is -0.274 e. The van der Waals surface area contributed by atoms with Crippen molar-refractivity contribution >= 4 is 9.46 Å². The molecule has 0 fully saturated rings. The standard InChI is InChI=1S/C10H11F5Si/c1-2-9(16(14)15)7-4-3-5-8(6-7)10(11,12)13/h3-6,9,16H,2H2,1H3. The lowest BCUT2D eigenvalue weighted by Gasteiger charge is -2.15. The van der Waals surface area contributed by atoms with Crippen LogP contribution >= 0.6 is 0 Å². The summed E-state index contributed by atoms with van der Waals surface area (Å²) in [4.78, 5) is 0. The van der Waals surface area contributed by atoms with Crippen LogP contribution in [-0.4, -0.2) is 9.46 Å². The van der Waals surface area contributed by atoms with E-state index in [4.69, 9.17) is 0 Å². The zero-order valence-electron chi connectivity index (χ0n) is 8.56. The van der Waals surface area contributed by atoms with Crippen molar-refractivity contribution in [2.24, 2.45) is 0 Å².